The maximum atomic E-state index is 10.8. The summed E-state index contributed by atoms with van der Waals surface area (Å²) in [5.74, 6) is -0.668. The summed E-state index contributed by atoms with van der Waals surface area (Å²) < 4.78 is 0. The van der Waals surface area contributed by atoms with Crippen molar-refractivity contribution in [1.29, 1.82) is 0 Å². The normalized spacial score (nSPS) is 11.6. The van der Waals surface area contributed by atoms with Gasteiger partial charge in [0.2, 0.25) is 0 Å². The summed E-state index contributed by atoms with van der Waals surface area (Å²) in [7, 11) is 0. The minimum Gasteiger partial charge on any atom is -0.508 e. The van der Waals surface area contributed by atoms with E-state index in [0.717, 1.165) is 5.56 Å². The van der Waals surface area contributed by atoms with Crippen molar-refractivity contribution in [2.24, 2.45) is 0 Å². The van der Waals surface area contributed by atoms with Crippen LogP contribution in [0.2, 0.25) is 0 Å². The molecule has 0 amide bonds. The molecule has 5 heteroatoms. The molecule has 0 saturated heterocycles. The Hall–Kier alpha value is -1.26. The van der Waals surface area contributed by atoms with E-state index in [1.807, 2.05) is 6.92 Å². The molecule has 0 radical (unpaired) electrons. The van der Waals surface area contributed by atoms with Crippen molar-refractivity contribution in [1.82, 2.24) is 5.32 Å². The summed E-state index contributed by atoms with van der Waals surface area (Å²) in [5.41, 5.74) is 0.890. The topological polar surface area (TPSA) is 69.6 Å². The first-order valence-corrected chi connectivity index (χ1v) is 4.87. The molecule has 0 aromatic heterocycles. The quantitative estimate of drug-likeness (QED) is 0.734. The Morgan fingerprint density at radius 2 is 1.94 bits per heavy atom. The Morgan fingerprint density at radius 1 is 1.38 bits per heavy atom. The van der Waals surface area contributed by atoms with E-state index >= 15 is 0 Å². The number of carboxylic acids is 1. The third-order valence-electron chi connectivity index (χ3n) is 2.12. The molecule has 0 bridgehead atoms. The molecule has 0 fully saturated rings. The van der Waals surface area contributed by atoms with E-state index in [1.54, 1.807) is 24.3 Å². The Kier molecular flexibility index (Phi) is 6.53. The average Bonchev–Trinajstić information content (AvgIpc) is 2.20. The number of benzene rings is 1. The van der Waals surface area contributed by atoms with Crippen LogP contribution in [0, 0.1) is 0 Å². The molecule has 0 aliphatic carbocycles. The Bertz CT molecular complexity index is 327. The number of carbonyl (C=O) groups is 1. The smallest absolute Gasteiger partial charge is 0.321 e. The van der Waals surface area contributed by atoms with Crippen LogP contribution < -0.4 is 5.32 Å². The molecule has 3 N–H and O–H groups in total. The molecular weight excluding hydrogens is 230 g/mol. The van der Waals surface area contributed by atoms with Crippen molar-refractivity contribution in [2.75, 3.05) is 6.54 Å². The molecule has 1 aromatic rings. The molecule has 0 saturated carbocycles. The lowest BCUT2D eigenvalue weighted by atomic mass is 10.1. The number of likely N-dealkylation sites (N-methyl/N-ethyl adjacent to an activating group) is 1. The zero-order valence-corrected chi connectivity index (χ0v) is 9.83. The maximum absolute atomic E-state index is 10.8. The highest BCUT2D eigenvalue weighted by Crippen LogP contribution is 2.11. The van der Waals surface area contributed by atoms with Gasteiger partial charge < -0.3 is 15.5 Å². The summed E-state index contributed by atoms with van der Waals surface area (Å²) >= 11 is 0. The van der Waals surface area contributed by atoms with Crippen LogP contribution >= 0.6 is 12.4 Å². The maximum Gasteiger partial charge on any atom is 0.321 e. The lowest BCUT2D eigenvalue weighted by Gasteiger charge is -2.12. The van der Waals surface area contributed by atoms with Gasteiger partial charge in [0.15, 0.2) is 0 Å². The zero-order chi connectivity index (χ0) is 11.3. The molecular formula is C11H16ClNO3. The molecule has 0 aliphatic heterocycles. The molecule has 1 aromatic carbocycles. The summed E-state index contributed by atoms with van der Waals surface area (Å²) in [6.07, 6.45) is 0.420. The van der Waals surface area contributed by atoms with Crippen molar-refractivity contribution in [3.8, 4) is 5.75 Å². The van der Waals surface area contributed by atoms with Gasteiger partial charge >= 0.3 is 5.97 Å². The van der Waals surface area contributed by atoms with Crippen LogP contribution in [0.1, 0.15) is 12.5 Å². The molecule has 1 unspecified atom stereocenters. The molecule has 90 valence electrons. The molecule has 1 rings (SSSR count). The number of halogens is 1. The number of carboxylic acid groups (broad SMARTS) is 1. The van der Waals surface area contributed by atoms with Gasteiger partial charge in [-0.3, -0.25) is 4.79 Å². The minimum absolute atomic E-state index is 0. The Balaban J connectivity index is 0.00000225. The van der Waals surface area contributed by atoms with Crippen molar-refractivity contribution in [3.63, 3.8) is 0 Å². The van der Waals surface area contributed by atoms with Crippen LogP contribution in [-0.4, -0.2) is 28.8 Å². The molecule has 4 nitrogen and oxygen atoms in total. The second kappa shape index (κ2) is 7.09. The van der Waals surface area contributed by atoms with Crippen molar-refractivity contribution >= 4 is 18.4 Å². The SMILES string of the molecule is CCNC(Cc1ccc(O)cc1)C(=O)O.Cl. The molecule has 0 heterocycles. The highest BCUT2D eigenvalue weighted by molar-refractivity contribution is 5.85. The van der Waals surface area contributed by atoms with Gasteiger partial charge in [-0.15, -0.1) is 12.4 Å². The number of aromatic hydroxyl groups is 1. The van der Waals surface area contributed by atoms with Crippen molar-refractivity contribution < 1.29 is 15.0 Å². The van der Waals surface area contributed by atoms with Crippen LogP contribution in [0.25, 0.3) is 0 Å². The Labute approximate surface area is 101 Å². The van der Waals surface area contributed by atoms with Crippen molar-refractivity contribution in [2.45, 2.75) is 19.4 Å². The van der Waals surface area contributed by atoms with Gasteiger partial charge in [-0.1, -0.05) is 19.1 Å². The van der Waals surface area contributed by atoms with Gasteiger partial charge in [-0.2, -0.15) is 0 Å². The van der Waals surface area contributed by atoms with Crippen LogP contribution in [0.3, 0.4) is 0 Å². The van der Waals surface area contributed by atoms with E-state index in [-0.39, 0.29) is 18.2 Å². The monoisotopic (exact) mass is 245 g/mol. The van der Waals surface area contributed by atoms with Crippen LogP contribution in [0.15, 0.2) is 24.3 Å². The molecule has 16 heavy (non-hydrogen) atoms. The van der Waals surface area contributed by atoms with Crippen LogP contribution in [0.5, 0.6) is 5.75 Å². The predicted octanol–water partition coefficient (Wildman–Crippen LogP) is 1.42. The van der Waals surface area contributed by atoms with E-state index < -0.39 is 12.0 Å². The predicted molar refractivity (Wildman–Crippen MR) is 64.2 cm³/mol. The molecule has 0 aliphatic rings. The number of phenols is 1. The highest BCUT2D eigenvalue weighted by Gasteiger charge is 2.15. The van der Waals surface area contributed by atoms with Crippen LogP contribution in [-0.2, 0) is 11.2 Å². The first-order chi connectivity index (χ1) is 7.13. The second-order valence-electron chi connectivity index (χ2n) is 3.32. The van der Waals surface area contributed by atoms with Gasteiger partial charge in [-0.05, 0) is 30.7 Å². The standard InChI is InChI=1S/C11H15NO3.ClH/c1-2-12-10(11(14)15)7-8-3-5-9(13)6-4-8;/h3-6,10,12-13H,2,7H2,1H3,(H,14,15);1H. The number of phenolic OH excluding ortho intramolecular Hbond substituents is 1. The summed E-state index contributed by atoms with van der Waals surface area (Å²) in [4.78, 5) is 10.8. The largest absolute Gasteiger partial charge is 0.508 e. The number of hydrogen-bond acceptors (Lipinski definition) is 3. The number of rotatable bonds is 5. The van der Waals surface area contributed by atoms with E-state index in [2.05, 4.69) is 5.32 Å². The third-order valence-corrected chi connectivity index (χ3v) is 2.12. The van der Waals surface area contributed by atoms with Gasteiger partial charge in [0, 0.05) is 0 Å². The van der Waals surface area contributed by atoms with Gasteiger partial charge in [0.05, 0.1) is 0 Å². The number of nitrogens with one attached hydrogen (secondary N) is 1. The van der Waals surface area contributed by atoms with Crippen LogP contribution in [0.4, 0.5) is 0 Å². The van der Waals surface area contributed by atoms with Gasteiger partial charge in [0.1, 0.15) is 11.8 Å². The van der Waals surface area contributed by atoms with E-state index in [9.17, 15) is 4.79 Å². The fraction of sp³-hybridized carbons (Fsp3) is 0.364. The summed E-state index contributed by atoms with van der Waals surface area (Å²) in [5, 5.41) is 20.9. The fourth-order valence-electron chi connectivity index (χ4n) is 1.36. The summed E-state index contributed by atoms with van der Waals surface area (Å²) in [6, 6.07) is 5.99. The third kappa shape index (κ3) is 4.51. The van der Waals surface area contributed by atoms with Gasteiger partial charge in [-0.25, -0.2) is 0 Å². The van der Waals surface area contributed by atoms with E-state index in [1.165, 1.54) is 0 Å². The molecule has 0 spiro atoms. The lowest BCUT2D eigenvalue weighted by Crippen LogP contribution is -2.38. The highest BCUT2D eigenvalue weighted by atomic mass is 35.5. The van der Waals surface area contributed by atoms with Crippen molar-refractivity contribution in [3.05, 3.63) is 29.8 Å². The number of aliphatic carboxylic acids is 1. The fourth-order valence-corrected chi connectivity index (χ4v) is 1.36. The summed E-state index contributed by atoms with van der Waals surface area (Å²) in [6.45, 7) is 2.49. The number of hydrogen-bond donors (Lipinski definition) is 3. The average molecular weight is 246 g/mol. The molecule has 1 atom stereocenters. The lowest BCUT2D eigenvalue weighted by molar-refractivity contribution is -0.139. The van der Waals surface area contributed by atoms with Gasteiger partial charge in [0.25, 0.3) is 0 Å². The van der Waals surface area contributed by atoms with E-state index in [0.29, 0.717) is 13.0 Å². The minimum atomic E-state index is -0.857. The second-order valence-corrected chi connectivity index (χ2v) is 3.32. The zero-order valence-electron chi connectivity index (χ0n) is 9.01. The first-order valence-electron chi connectivity index (χ1n) is 4.87. The Morgan fingerprint density at radius 3 is 2.38 bits per heavy atom. The van der Waals surface area contributed by atoms with E-state index in [4.69, 9.17) is 10.2 Å². The first kappa shape index (κ1) is 14.7.